The van der Waals surface area contributed by atoms with E-state index in [1.165, 1.54) is 48.5 Å². The molecule has 3 rings (SSSR count). The molecule has 36 heavy (non-hydrogen) atoms. The summed E-state index contributed by atoms with van der Waals surface area (Å²) in [6.45, 7) is 4.95. The zero-order chi connectivity index (χ0) is 25.9. The van der Waals surface area contributed by atoms with Gasteiger partial charge in [0.15, 0.2) is 0 Å². The Hall–Kier alpha value is -3.94. The molecule has 0 aromatic heterocycles. The van der Waals surface area contributed by atoms with Crippen LogP contribution in [-0.2, 0) is 0 Å². The third-order valence-corrected chi connectivity index (χ3v) is 5.10. The molecule has 0 atom stereocenters. The summed E-state index contributed by atoms with van der Waals surface area (Å²) in [6, 6.07) is 13.4. The molecule has 0 spiro atoms. The van der Waals surface area contributed by atoms with Crippen LogP contribution in [0.4, 0.5) is 8.78 Å². The smallest absolute Gasteiger partial charge is 0.346 e. The maximum atomic E-state index is 14.3. The van der Waals surface area contributed by atoms with Crippen LogP contribution < -0.4 is 18.9 Å². The highest BCUT2D eigenvalue weighted by molar-refractivity contribution is 5.92. The minimum Gasteiger partial charge on any atom is -0.493 e. The van der Waals surface area contributed by atoms with Crippen molar-refractivity contribution in [3.63, 3.8) is 0 Å². The van der Waals surface area contributed by atoms with Crippen LogP contribution in [0, 0.1) is 11.6 Å². The fraction of sp³-hybridized carbons (Fsp3) is 0.286. The lowest BCUT2D eigenvalue weighted by atomic mass is 10.2. The van der Waals surface area contributed by atoms with E-state index < -0.39 is 23.6 Å². The Bertz CT molecular complexity index is 1080. The quantitative estimate of drug-likeness (QED) is 0.156. The Balaban J connectivity index is 1.57. The standard InChI is InChI=1S/C28H28F2O6/c1-3-5-15-33-21-11-13-23(25(29)17-21)27(31)35-19-7-9-20(10-8-19)36-28(32)24-14-12-22(18-26(24)30)34-16-6-4-2/h7-14,17-18H,3-6,15-16H2,1-2H3. The van der Waals surface area contributed by atoms with Crippen LogP contribution in [0.2, 0.25) is 0 Å². The second-order valence-electron chi connectivity index (χ2n) is 7.94. The molecule has 8 heteroatoms. The summed E-state index contributed by atoms with van der Waals surface area (Å²) in [7, 11) is 0. The second kappa shape index (κ2) is 13.2. The Morgan fingerprint density at radius 1 is 0.611 bits per heavy atom. The van der Waals surface area contributed by atoms with Crippen LogP contribution in [-0.4, -0.2) is 25.2 Å². The molecule has 0 fully saturated rings. The van der Waals surface area contributed by atoms with Gasteiger partial charge in [0.2, 0.25) is 0 Å². The van der Waals surface area contributed by atoms with Crippen molar-refractivity contribution in [2.24, 2.45) is 0 Å². The van der Waals surface area contributed by atoms with Gasteiger partial charge >= 0.3 is 11.9 Å². The molecule has 0 bridgehead atoms. The Morgan fingerprint density at radius 2 is 0.972 bits per heavy atom. The Kier molecular flexibility index (Phi) is 9.80. The molecule has 0 heterocycles. The number of esters is 2. The number of benzene rings is 3. The average Bonchev–Trinajstić information content (AvgIpc) is 2.85. The number of rotatable bonds is 12. The lowest BCUT2D eigenvalue weighted by Crippen LogP contribution is -2.12. The van der Waals surface area contributed by atoms with E-state index in [0.29, 0.717) is 24.7 Å². The van der Waals surface area contributed by atoms with Crippen molar-refractivity contribution in [3.05, 3.63) is 83.4 Å². The van der Waals surface area contributed by atoms with Gasteiger partial charge < -0.3 is 18.9 Å². The maximum absolute atomic E-state index is 14.3. The predicted molar refractivity (Wildman–Crippen MR) is 130 cm³/mol. The van der Waals surface area contributed by atoms with Gasteiger partial charge in [0, 0.05) is 12.1 Å². The molecule has 0 aliphatic carbocycles. The summed E-state index contributed by atoms with van der Waals surface area (Å²) >= 11 is 0. The third-order valence-electron chi connectivity index (χ3n) is 5.10. The molecule has 3 aromatic carbocycles. The largest absolute Gasteiger partial charge is 0.493 e. The predicted octanol–water partition coefficient (Wildman–Crippen LogP) is 6.76. The van der Waals surface area contributed by atoms with E-state index in [1.54, 1.807) is 0 Å². The van der Waals surface area contributed by atoms with Gasteiger partial charge in [-0.05, 0) is 61.4 Å². The van der Waals surface area contributed by atoms with Crippen molar-refractivity contribution < 1.29 is 37.3 Å². The van der Waals surface area contributed by atoms with Gasteiger partial charge in [-0.3, -0.25) is 0 Å². The molecule has 0 saturated carbocycles. The number of halogens is 2. The highest BCUT2D eigenvalue weighted by Gasteiger charge is 2.17. The molecule has 0 radical (unpaired) electrons. The Morgan fingerprint density at radius 3 is 1.31 bits per heavy atom. The molecule has 0 amide bonds. The summed E-state index contributed by atoms with van der Waals surface area (Å²) in [5, 5.41) is 0. The summed E-state index contributed by atoms with van der Waals surface area (Å²) < 4.78 is 49.9. The van der Waals surface area contributed by atoms with E-state index in [2.05, 4.69) is 0 Å². The monoisotopic (exact) mass is 498 g/mol. The Labute approximate surface area is 208 Å². The fourth-order valence-electron chi connectivity index (χ4n) is 3.07. The first kappa shape index (κ1) is 26.7. The SMILES string of the molecule is CCCCOc1ccc(C(=O)Oc2ccc(OC(=O)c3ccc(OCCCC)cc3F)cc2)c(F)c1. The highest BCUT2D eigenvalue weighted by Crippen LogP contribution is 2.23. The second-order valence-corrected chi connectivity index (χ2v) is 7.94. The normalized spacial score (nSPS) is 10.6. The van der Waals surface area contributed by atoms with Crippen molar-refractivity contribution >= 4 is 11.9 Å². The lowest BCUT2D eigenvalue weighted by Gasteiger charge is -2.10. The van der Waals surface area contributed by atoms with Crippen molar-refractivity contribution in [1.29, 1.82) is 0 Å². The number of hydrogen-bond acceptors (Lipinski definition) is 6. The summed E-state index contributed by atoms with van der Waals surface area (Å²) in [5.41, 5.74) is -0.489. The van der Waals surface area contributed by atoms with Crippen molar-refractivity contribution in [3.8, 4) is 23.0 Å². The first-order valence-corrected chi connectivity index (χ1v) is 11.8. The van der Waals surface area contributed by atoms with Gasteiger partial charge in [-0.2, -0.15) is 0 Å². The number of ether oxygens (including phenoxy) is 4. The van der Waals surface area contributed by atoms with Gasteiger partial charge in [-0.15, -0.1) is 0 Å². The van der Waals surface area contributed by atoms with E-state index >= 15 is 0 Å². The van der Waals surface area contributed by atoms with Crippen LogP contribution in [0.1, 0.15) is 60.2 Å². The van der Waals surface area contributed by atoms with Crippen LogP contribution in [0.25, 0.3) is 0 Å². The average molecular weight is 499 g/mol. The molecule has 6 nitrogen and oxygen atoms in total. The van der Waals surface area contributed by atoms with Crippen LogP contribution in [0.3, 0.4) is 0 Å². The highest BCUT2D eigenvalue weighted by atomic mass is 19.1. The van der Waals surface area contributed by atoms with Crippen molar-refractivity contribution in [2.75, 3.05) is 13.2 Å². The summed E-state index contributed by atoms with van der Waals surface area (Å²) in [6.07, 6.45) is 3.57. The molecule has 0 aliphatic heterocycles. The first-order chi connectivity index (χ1) is 17.4. The molecule has 190 valence electrons. The number of carbonyl (C=O) groups excluding carboxylic acids is 2. The van der Waals surface area contributed by atoms with Gasteiger partial charge in [-0.1, -0.05) is 26.7 Å². The number of unbranched alkanes of at least 4 members (excludes halogenated alkanes) is 2. The first-order valence-electron chi connectivity index (χ1n) is 11.8. The van der Waals surface area contributed by atoms with E-state index in [-0.39, 0.29) is 22.6 Å². The van der Waals surface area contributed by atoms with Gasteiger partial charge in [0.05, 0.1) is 24.3 Å². The molecule has 0 aliphatic rings. The minimum absolute atomic E-state index is 0.113. The number of hydrogen-bond donors (Lipinski definition) is 0. The van der Waals surface area contributed by atoms with Crippen molar-refractivity contribution in [2.45, 2.75) is 39.5 Å². The minimum atomic E-state index is -0.888. The topological polar surface area (TPSA) is 71.1 Å². The maximum Gasteiger partial charge on any atom is 0.346 e. The van der Waals surface area contributed by atoms with E-state index in [0.717, 1.165) is 37.8 Å². The van der Waals surface area contributed by atoms with Gasteiger partial charge in [-0.25, -0.2) is 18.4 Å². The molecule has 3 aromatic rings. The van der Waals surface area contributed by atoms with Crippen molar-refractivity contribution in [1.82, 2.24) is 0 Å². The van der Waals surface area contributed by atoms with Crippen LogP contribution in [0.5, 0.6) is 23.0 Å². The lowest BCUT2D eigenvalue weighted by molar-refractivity contribution is 0.0714. The molecule has 0 saturated heterocycles. The van der Waals surface area contributed by atoms with Gasteiger partial charge in [0.25, 0.3) is 0 Å². The molecule has 0 unspecified atom stereocenters. The molecule has 0 N–H and O–H groups in total. The summed E-state index contributed by atoms with van der Waals surface area (Å²) in [4.78, 5) is 24.7. The third kappa shape index (κ3) is 7.53. The summed E-state index contributed by atoms with van der Waals surface area (Å²) in [5.74, 6) is -2.41. The number of carbonyl (C=O) groups is 2. The van der Waals surface area contributed by atoms with Crippen LogP contribution in [0.15, 0.2) is 60.7 Å². The van der Waals surface area contributed by atoms with Crippen LogP contribution >= 0.6 is 0 Å². The molecular formula is C28H28F2O6. The zero-order valence-electron chi connectivity index (χ0n) is 20.2. The molecular weight excluding hydrogens is 470 g/mol. The fourth-order valence-corrected chi connectivity index (χ4v) is 3.07. The zero-order valence-corrected chi connectivity index (χ0v) is 20.2. The van der Waals surface area contributed by atoms with Gasteiger partial charge in [0.1, 0.15) is 34.6 Å². The van der Waals surface area contributed by atoms with E-state index in [4.69, 9.17) is 18.9 Å². The van der Waals surface area contributed by atoms with E-state index in [1.807, 2.05) is 13.8 Å². The van der Waals surface area contributed by atoms with E-state index in [9.17, 15) is 18.4 Å².